The van der Waals surface area contributed by atoms with Gasteiger partial charge in [0.05, 0.1) is 5.69 Å². The fourth-order valence-corrected chi connectivity index (χ4v) is 2.51. The van der Waals surface area contributed by atoms with Crippen molar-refractivity contribution in [2.75, 3.05) is 0 Å². The molecule has 1 aromatic rings. The second-order valence-electron chi connectivity index (χ2n) is 4.64. The topological polar surface area (TPSA) is 4.93 Å². The summed E-state index contributed by atoms with van der Waals surface area (Å²) in [6, 6.07) is 0. The predicted octanol–water partition coefficient (Wildman–Crippen LogP) is 4.53. The Bertz CT molecular complexity index is 762. The van der Waals surface area contributed by atoms with Gasteiger partial charge in [-0.25, -0.2) is 0 Å². The quantitative estimate of drug-likeness (QED) is 0.678. The monoisotopic (exact) mass is 291 g/mol. The van der Waals surface area contributed by atoms with Crippen LogP contribution in [0.15, 0.2) is 56.2 Å². The van der Waals surface area contributed by atoms with Crippen LogP contribution in [-0.2, 0) is 0 Å². The lowest BCUT2D eigenvalue weighted by molar-refractivity contribution is 1.05. The molecule has 0 amide bonds. The zero-order valence-corrected chi connectivity index (χ0v) is 13.8. The molecule has 0 aromatic carbocycles. The molecular formula is C21H25N. The van der Waals surface area contributed by atoms with Gasteiger partial charge in [-0.3, -0.25) is 0 Å². The van der Waals surface area contributed by atoms with Crippen LogP contribution in [0, 0.1) is 0 Å². The zero-order chi connectivity index (χ0) is 16.5. The summed E-state index contributed by atoms with van der Waals surface area (Å²) in [4.78, 5) is 0. The van der Waals surface area contributed by atoms with E-state index in [0.29, 0.717) is 0 Å². The lowest BCUT2D eigenvalue weighted by atomic mass is 10.1. The fraction of sp³-hybridized carbons (Fsp3) is 0.143. The Morgan fingerprint density at radius 1 is 1.05 bits per heavy atom. The van der Waals surface area contributed by atoms with Crippen molar-refractivity contribution in [3.8, 4) is 0 Å². The molecule has 0 N–H and O–H groups in total. The molecule has 22 heavy (non-hydrogen) atoms. The van der Waals surface area contributed by atoms with Crippen LogP contribution in [-0.4, -0.2) is 4.57 Å². The number of allylic oxidation sites excluding steroid dienone is 7. The van der Waals surface area contributed by atoms with Crippen molar-refractivity contribution in [3.63, 3.8) is 0 Å². The molecular weight excluding hydrogens is 266 g/mol. The van der Waals surface area contributed by atoms with E-state index in [2.05, 4.69) is 42.5 Å². The molecule has 0 aliphatic heterocycles. The van der Waals surface area contributed by atoms with Gasteiger partial charge in [-0.05, 0) is 32.9 Å². The third kappa shape index (κ3) is 3.37. The van der Waals surface area contributed by atoms with Crippen molar-refractivity contribution in [1.29, 1.82) is 0 Å². The average molecular weight is 291 g/mol. The smallest absolute Gasteiger partial charge is 0.0534 e. The van der Waals surface area contributed by atoms with Crippen LogP contribution in [0.4, 0.5) is 0 Å². The molecule has 1 heteroatoms. The molecule has 1 rings (SSSR count). The van der Waals surface area contributed by atoms with Crippen molar-refractivity contribution in [3.05, 3.63) is 78.0 Å². The molecule has 1 heterocycles. The minimum atomic E-state index is 1.07. The first kappa shape index (κ1) is 17.5. The van der Waals surface area contributed by atoms with E-state index in [1.165, 1.54) is 0 Å². The molecule has 0 spiro atoms. The van der Waals surface area contributed by atoms with E-state index in [1.54, 1.807) is 6.08 Å². The number of nitrogens with zero attached hydrogens (tertiary/aromatic N) is 1. The van der Waals surface area contributed by atoms with E-state index in [-0.39, 0.29) is 0 Å². The molecule has 0 saturated carbocycles. The Morgan fingerprint density at radius 2 is 1.77 bits per heavy atom. The molecule has 1 nitrogen and oxygen atoms in total. The second-order valence-corrected chi connectivity index (χ2v) is 4.64. The minimum Gasteiger partial charge on any atom is -0.310 e. The van der Waals surface area contributed by atoms with Gasteiger partial charge in [0, 0.05) is 21.8 Å². The summed E-state index contributed by atoms with van der Waals surface area (Å²) in [6.45, 7) is 17.7. The number of hydrogen-bond acceptors (Lipinski definition) is 0. The van der Waals surface area contributed by atoms with E-state index in [1.807, 2.05) is 57.2 Å². The molecule has 0 saturated heterocycles. The molecule has 0 atom stereocenters. The van der Waals surface area contributed by atoms with Gasteiger partial charge in [-0.1, -0.05) is 68.3 Å². The first-order valence-corrected chi connectivity index (χ1v) is 7.44. The standard InChI is InChI=1S/C21H25N/c1-7-13-16-17(10-4)22-20(11-5)18(14-8-2)19(15-9-3)21(22)12-6/h7-16H,1-2,6H2,3-5H3/b15-9-,16-13-,17-10+,18-14-,20-11+. The maximum Gasteiger partial charge on any atom is 0.0534 e. The Labute approximate surface area is 134 Å². The highest BCUT2D eigenvalue weighted by atomic mass is 15.0. The summed E-state index contributed by atoms with van der Waals surface area (Å²) < 4.78 is 2.21. The Kier molecular flexibility index (Phi) is 6.91. The molecule has 0 aliphatic carbocycles. The van der Waals surface area contributed by atoms with Crippen LogP contribution in [0.3, 0.4) is 0 Å². The maximum atomic E-state index is 4.00. The van der Waals surface area contributed by atoms with Gasteiger partial charge in [-0.15, -0.1) is 0 Å². The molecule has 1 aromatic heterocycles. The van der Waals surface area contributed by atoms with Gasteiger partial charge in [0.15, 0.2) is 0 Å². The Balaban J connectivity index is 4.01. The predicted molar refractivity (Wildman–Crippen MR) is 103 cm³/mol. The first-order chi connectivity index (χ1) is 10.7. The molecule has 0 unspecified atom stereocenters. The van der Waals surface area contributed by atoms with Crippen LogP contribution in [0.25, 0.3) is 30.0 Å². The molecule has 0 fully saturated rings. The summed E-state index contributed by atoms with van der Waals surface area (Å²) in [5, 5.41) is 2.28. The highest BCUT2D eigenvalue weighted by Gasteiger charge is 2.11. The van der Waals surface area contributed by atoms with Crippen LogP contribution in [0.5, 0.6) is 0 Å². The lowest BCUT2D eigenvalue weighted by Crippen LogP contribution is -2.29. The largest absolute Gasteiger partial charge is 0.310 e. The van der Waals surface area contributed by atoms with Crippen molar-refractivity contribution in [2.45, 2.75) is 20.8 Å². The third-order valence-corrected chi connectivity index (χ3v) is 3.37. The van der Waals surface area contributed by atoms with Gasteiger partial charge >= 0.3 is 0 Å². The van der Waals surface area contributed by atoms with Crippen LogP contribution >= 0.6 is 0 Å². The lowest BCUT2D eigenvalue weighted by Gasteiger charge is -2.09. The summed E-state index contributed by atoms with van der Waals surface area (Å²) in [5.41, 5.74) is 3.30. The first-order valence-electron chi connectivity index (χ1n) is 7.44. The molecule has 0 radical (unpaired) electrons. The average Bonchev–Trinajstić information content (AvgIpc) is 2.82. The normalized spacial score (nSPS) is 14.2. The maximum absolute atomic E-state index is 4.00. The zero-order valence-electron chi connectivity index (χ0n) is 13.8. The minimum absolute atomic E-state index is 1.07. The van der Waals surface area contributed by atoms with Crippen LogP contribution in [0.1, 0.15) is 32.0 Å². The highest BCUT2D eigenvalue weighted by molar-refractivity contribution is 5.72. The van der Waals surface area contributed by atoms with E-state index in [0.717, 1.165) is 27.5 Å². The second kappa shape index (κ2) is 8.68. The number of rotatable bonds is 6. The van der Waals surface area contributed by atoms with Gasteiger partial charge in [-0.2, -0.15) is 0 Å². The van der Waals surface area contributed by atoms with Crippen molar-refractivity contribution >= 4 is 30.0 Å². The summed E-state index contributed by atoms with van der Waals surface area (Å²) >= 11 is 0. The van der Waals surface area contributed by atoms with Gasteiger partial charge in [0.25, 0.3) is 0 Å². The Morgan fingerprint density at radius 3 is 2.23 bits per heavy atom. The van der Waals surface area contributed by atoms with Crippen molar-refractivity contribution in [1.82, 2.24) is 4.57 Å². The van der Waals surface area contributed by atoms with Crippen LogP contribution < -0.4 is 10.6 Å². The highest BCUT2D eigenvalue weighted by Crippen LogP contribution is 2.14. The molecule has 0 aliphatic rings. The SMILES string of the molecule is C=C/C=C\C(=C/C)n1c(C=C)c(/C=C\C)c(=C/C=C)/c1=C\C. The summed E-state index contributed by atoms with van der Waals surface area (Å²) in [6.07, 6.45) is 19.9. The van der Waals surface area contributed by atoms with Gasteiger partial charge < -0.3 is 4.57 Å². The summed E-state index contributed by atoms with van der Waals surface area (Å²) in [7, 11) is 0. The van der Waals surface area contributed by atoms with E-state index in [4.69, 9.17) is 0 Å². The van der Waals surface area contributed by atoms with Crippen molar-refractivity contribution in [2.24, 2.45) is 0 Å². The van der Waals surface area contributed by atoms with Crippen molar-refractivity contribution < 1.29 is 0 Å². The molecule has 114 valence electrons. The summed E-state index contributed by atoms with van der Waals surface area (Å²) in [5.74, 6) is 0. The van der Waals surface area contributed by atoms with E-state index >= 15 is 0 Å². The number of hydrogen-bond donors (Lipinski definition) is 0. The number of aromatic nitrogens is 1. The fourth-order valence-electron chi connectivity index (χ4n) is 2.51. The van der Waals surface area contributed by atoms with Gasteiger partial charge in [0.1, 0.15) is 0 Å². The van der Waals surface area contributed by atoms with E-state index in [9.17, 15) is 0 Å². The van der Waals surface area contributed by atoms with E-state index < -0.39 is 0 Å². The third-order valence-electron chi connectivity index (χ3n) is 3.37. The Hall–Kier alpha value is -2.54. The van der Waals surface area contributed by atoms with Gasteiger partial charge in [0.2, 0.25) is 0 Å². The van der Waals surface area contributed by atoms with Crippen LogP contribution in [0.2, 0.25) is 0 Å². The molecule has 0 bridgehead atoms.